The fraction of sp³-hybridized carbons (Fsp3) is 0.800. The van der Waals surface area contributed by atoms with Crippen LogP contribution in [0, 0.1) is 0 Å². The van der Waals surface area contributed by atoms with Crippen LogP contribution in [0.1, 0.15) is 12.8 Å². The first-order chi connectivity index (χ1) is 7.70. The number of rotatable bonds is 9. The lowest BCUT2D eigenvalue weighted by Gasteiger charge is -2.04. The van der Waals surface area contributed by atoms with Crippen LogP contribution in [-0.4, -0.2) is 52.6 Å². The van der Waals surface area contributed by atoms with Gasteiger partial charge in [0.2, 0.25) is 0 Å². The predicted molar refractivity (Wildman–Crippen MR) is 54.9 cm³/mol. The van der Waals surface area contributed by atoms with E-state index in [1.54, 1.807) is 0 Å². The van der Waals surface area contributed by atoms with E-state index in [4.69, 9.17) is 9.47 Å². The molecule has 0 aliphatic heterocycles. The van der Waals surface area contributed by atoms with Crippen molar-refractivity contribution in [2.75, 3.05) is 40.6 Å². The number of esters is 2. The maximum Gasteiger partial charge on any atom is 0.307 e. The molecule has 0 amide bonds. The average Bonchev–Trinajstić information content (AvgIpc) is 2.31. The highest BCUT2D eigenvalue weighted by molar-refractivity contribution is 5.69. The molecule has 0 aromatic carbocycles. The minimum Gasteiger partial charge on any atom is -0.469 e. The van der Waals surface area contributed by atoms with E-state index >= 15 is 0 Å². The molecular formula is C10H18O6. The number of ether oxygens (including phenoxy) is 4. The lowest BCUT2D eigenvalue weighted by atomic mass is 10.5. The third-order valence-electron chi connectivity index (χ3n) is 1.73. The van der Waals surface area contributed by atoms with Gasteiger partial charge in [0.05, 0.1) is 53.5 Å². The van der Waals surface area contributed by atoms with Crippen molar-refractivity contribution in [2.45, 2.75) is 12.8 Å². The van der Waals surface area contributed by atoms with E-state index in [2.05, 4.69) is 9.47 Å². The van der Waals surface area contributed by atoms with Crippen LogP contribution in [-0.2, 0) is 28.5 Å². The van der Waals surface area contributed by atoms with E-state index < -0.39 is 0 Å². The summed E-state index contributed by atoms with van der Waals surface area (Å²) in [7, 11) is 2.66. The van der Waals surface area contributed by atoms with Crippen molar-refractivity contribution in [1.29, 1.82) is 0 Å². The molecule has 0 aliphatic rings. The standard InChI is InChI=1S/C10H18O6/c1-13-9(11)3-5-15-7-8-16-6-4-10(12)14-2/h3-8H2,1-2H3. The second-order valence-electron chi connectivity index (χ2n) is 2.88. The molecule has 0 bridgehead atoms. The van der Waals surface area contributed by atoms with Gasteiger partial charge in [0.15, 0.2) is 0 Å². The summed E-state index contributed by atoms with van der Waals surface area (Å²) in [5, 5.41) is 0. The summed E-state index contributed by atoms with van der Waals surface area (Å²) in [5.41, 5.74) is 0. The summed E-state index contributed by atoms with van der Waals surface area (Å²) < 4.78 is 19.1. The lowest BCUT2D eigenvalue weighted by Crippen LogP contribution is -2.11. The van der Waals surface area contributed by atoms with Gasteiger partial charge in [-0.25, -0.2) is 0 Å². The van der Waals surface area contributed by atoms with E-state index in [1.165, 1.54) is 14.2 Å². The Kier molecular flexibility index (Phi) is 9.64. The van der Waals surface area contributed by atoms with Crippen LogP contribution in [0.5, 0.6) is 0 Å². The number of hydrogen-bond donors (Lipinski definition) is 0. The molecule has 0 atom stereocenters. The summed E-state index contributed by atoms with van der Waals surface area (Å²) in [5.74, 6) is -0.599. The Morgan fingerprint density at radius 2 is 1.12 bits per heavy atom. The van der Waals surface area contributed by atoms with Gasteiger partial charge in [-0.3, -0.25) is 9.59 Å². The molecule has 0 saturated carbocycles. The number of carbonyl (C=O) groups excluding carboxylic acids is 2. The van der Waals surface area contributed by atoms with Crippen molar-refractivity contribution in [3.63, 3.8) is 0 Å². The minimum atomic E-state index is -0.299. The quantitative estimate of drug-likeness (QED) is 0.417. The van der Waals surface area contributed by atoms with E-state index in [1.807, 2.05) is 0 Å². The Morgan fingerprint density at radius 3 is 1.44 bits per heavy atom. The smallest absolute Gasteiger partial charge is 0.307 e. The highest BCUT2D eigenvalue weighted by Gasteiger charge is 2.00. The van der Waals surface area contributed by atoms with Gasteiger partial charge in [-0.05, 0) is 0 Å². The summed E-state index contributed by atoms with van der Waals surface area (Å²) in [6.45, 7) is 1.40. The topological polar surface area (TPSA) is 71.1 Å². The molecule has 0 heterocycles. The second kappa shape index (κ2) is 10.4. The maximum absolute atomic E-state index is 10.7. The van der Waals surface area contributed by atoms with Crippen molar-refractivity contribution in [3.05, 3.63) is 0 Å². The van der Waals surface area contributed by atoms with Crippen molar-refractivity contribution in [2.24, 2.45) is 0 Å². The maximum atomic E-state index is 10.7. The molecule has 0 unspecified atom stereocenters. The average molecular weight is 234 g/mol. The number of carbonyl (C=O) groups is 2. The molecule has 0 aromatic heterocycles. The van der Waals surface area contributed by atoms with Crippen molar-refractivity contribution >= 4 is 11.9 Å². The van der Waals surface area contributed by atoms with Gasteiger partial charge in [-0.1, -0.05) is 0 Å². The van der Waals surface area contributed by atoms with Crippen LogP contribution in [0.15, 0.2) is 0 Å². The first-order valence-corrected chi connectivity index (χ1v) is 4.99. The highest BCUT2D eigenvalue weighted by atomic mass is 16.5. The van der Waals surface area contributed by atoms with Crippen LogP contribution in [0.25, 0.3) is 0 Å². The Bertz CT molecular complexity index is 181. The monoisotopic (exact) mass is 234 g/mol. The Morgan fingerprint density at radius 1 is 0.750 bits per heavy atom. The minimum absolute atomic E-state index is 0.235. The third-order valence-corrected chi connectivity index (χ3v) is 1.73. The SMILES string of the molecule is COC(=O)CCOCCOCCC(=O)OC. The van der Waals surface area contributed by atoms with Crippen LogP contribution in [0.2, 0.25) is 0 Å². The largest absolute Gasteiger partial charge is 0.469 e. The molecule has 16 heavy (non-hydrogen) atoms. The molecule has 0 fully saturated rings. The second-order valence-corrected chi connectivity index (χ2v) is 2.88. The number of methoxy groups -OCH3 is 2. The van der Waals surface area contributed by atoms with Gasteiger partial charge in [0.1, 0.15) is 0 Å². The van der Waals surface area contributed by atoms with E-state index in [-0.39, 0.29) is 24.8 Å². The fourth-order valence-corrected chi connectivity index (χ4v) is 0.837. The van der Waals surface area contributed by atoms with Gasteiger partial charge in [-0.15, -0.1) is 0 Å². The van der Waals surface area contributed by atoms with E-state index in [0.717, 1.165) is 0 Å². The van der Waals surface area contributed by atoms with Crippen LogP contribution >= 0.6 is 0 Å². The molecule has 6 nitrogen and oxygen atoms in total. The van der Waals surface area contributed by atoms with Crippen LogP contribution < -0.4 is 0 Å². The molecule has 6 heteroatoms. The van der Waals surface area contributed by atoms with Crippen molar-refractivity contribution in [3.8, 4) is 0 Å². The molecule has 0 spiro atoms. The normalized spacial score (nSPS) is 9.88. The highest BCUT2D eigenvalue weighted by Crippen LogP contribution is 1.89. The number of hydrogen-bond acceptors (Lipinski definition) is 6. The van der Waals surface area contributed by atoms with Gasteiger partial charge in [-0.2, -0.15) is 0 Å². The van der Waals surface area contributed by atoms with E-state index in [9.17, 15) is 9.59 Å². The Labute approximate surface area is 94.8 Å². The molecule has 0 radical (unpaired) electrons. The Hall–Kier alpha value is -1.14. The summed E-state index contributed by atoms with van der Waals surface area (Å²) in [6.07, 6.45) is 0.470. The molecule has 0 aromatic rings. The molecule has 0 saturated heterocycles. The molecule has 94 valence electrons. The van der Waals surface area contributed by atoms with Gasteiger partial charge in [0, 0.05) is 0 Å². The molecule has 0 N–H and O–H groups in total. The van der Waals surface area contributed by atoms with Gasteiger partial charge >= 0.3 is 11.9 Å². The molecule has 0 rings (SSSR count). The summed E-state index contributed by atoms with van der Waals surface area (Å²) in [4.78, 5) is 21.3. The zero-order chi connectivity index (χ0) is 12.2. The first-order valence-electron chi connectivity index (χ1n) is 4.99. The van der Waals surface area contributed by atoms with Crippen LogP contribution in [0.3, 0.4) is 0 Å². The van der Waals surface area contributed by atoms with Crippen molar-refractivity contribution in [1.82, 2.24) is 0 Å². The van der Waals surface area contributed by atoms with Gasteiger partial charge in [0.25, 0.3) is 0 Å². The lowest BCUT2D eigenvalue weighted by molar-refractivity contribution is -0.143. The zero-order valence-electron chi connectivity index (χ0n) is 9.69. The summed E-state index contributed by atoms with van der Waals surface area (Å²) >= 11 is 0. The Balaban J connectivity index is 3.10. The van der Waals surface area contributed by atoms with Crippen molar-refractivity contribution < 1.29 is 28.5 Å². The molecule has 0 aliphatic carbocycles. The van der Waals surface area contributed by atoms with Crippen LogP contribution in [0.4, 0.5) is 0 Å². The van der Waals surface area contributed by atoms with Gasteiger partial charge < -0.3 is 18.9 Å². The fourth-order valence-electron chi connectivity index (χ4n) is 0.837. The zero-order valence-corrected chi connectivity index (χ0v) is 9.69. The van der Waals surface area contributed by atoms with E-state index in [0.29, 0.717) is 26.4 Å². The summed E-state index contributed by atoms with van der Waals surface area (Å²) in [6, 6.07) is 0. The first kappa shape index (κ1) is 14.9. The third kappa shape index (κ3) is 9.42. The molecular weight excluding hydrogens is 216 g/mol. The predicted octanol–water partition coefficient (Wildman–Crippen LogP) is 0.146.